The van der Waals surface area contributed by atoms with Crippen LogP contribution in [0.3, 0.4) is 0 Å². The lowest BCUT2D eigenvalue weighted by Crippen LogP contribution is -2.21. The number of nitrogens with one attached hydrogen (secondary N) is 1. The predicted molar refractivity (Wildman–Crippen MR) is 119 cm³/mol. The van der Waals surface area contributed by atoms with Crippen LogP contribution in [0.2, 0.25) is 0 Å². The van der Waals surface area contributed by atoms with E-state index in [-0.39, 0.29) is 29.8 Å². The van der Waals surface area contributed by atoms with Crippen molar-refractivity contribution in [3.05, 3.63) is 88.5 Å². The molecule has 32 heavy (non-hydrogen) atoms. The van der Waals surface area contributed by atoms with Gasteiger partial charge in [0, 0.05) is 36.0 Å². The van der Waals surface area contributed by atoms with Gasteiger partial charge in [-0.15, -0.1) is 0 Å². The summed E-state index contributed by atoms with van der Waals surface area (Å²) in [5.41, 5.74) is 3.40. The second-order valence-electron chi connectivity index (χ2n) is 8.29. The van der Waals surface area contributed by atoms with Crippen LogP contribution in [-0.4, -0.2) is 33.9 Å². The fourth-order valence-corrected chi connectivity index (χ4v) is 4.20. The van der Waals surface area contributed by atoms with E-state index in [1.165, 1.54) is 18.2 Å². The first kappa shape index (κ1) is 22.0. The van der Waals surface area contributed by atoms with Gasteiger partial charge < -0.3 is 5.32 Å². The van der Waals surface area contributed by atoms with Crippen molar-refractivity contribution in [2.45, 2.75) is 39.2 Å². The van der Waals surface area contributed by atoms with Gasteiger partial charge in [0.05, 0.1) is 12.1 Å². The number of aromatic nitrogens is 2. The fraction of sp³-hybridized carbons (Fsp3) is 0.320. The van der Waals surface area contributed by atoms with E-state index in [1.807, 2.05) is 19.9 Å². The average molecular weight is 437 g/mol. The van der Waals surface area contributed by atoms with Crippen molar-refractivity contribution < 1.29 is 13.6 Å². The van der Waals surface area contributed by atoms with Crippen LogP contribution in [0, 0.1) is 25.5 Å². The van der Waals surface area contributed by atoms with Crippen LogP contribution in [0.1, 0.15) is 40.7 Å². The molecule has 1 atom stereocenters. The van der Waals surface area contributed by atoms with Crippen LogP contribution in [0.4, 0.5) is 14.5 Å². The Kier molecular flexibility index (Phi) is 6.55. The topological polar surface area (TPSA) is 58.1 Å². The van der Waals surface area contributed by atoms with Crippen molar-refractivity contribution in [1.82, 2.24) is 14.9 Å². The lowest BCUT2D eigenvalue weighted by Gasteiger charge is -2.17. The Labute approximate surface area is 186 Å². The third-order valence-corrected chi connectivity index (χ3v) is 5.86. The van der Waals surface area contributed by atoms with Crippen LogP contribution in [0.25, 0.3) is 0 Å². The molecule has 0 bridgehead atoms. The number of halogens is 2. The van der Waals surface area contributed by atoms with Gasteiger partial charge in [0.2, 0.25) is 5.91 Å². The zero-order chi connectivity index (χ0) is 22.7. The number of rotatable bonds is 6. The van der Waals surface area contributed by atoms with Gasteiger partial charge in [-0.05, 0) is 56.6 Å². The first-order chi connectivity index (χ1) is 15.4. The second-order valence-corrected chi connectivity index (χ2v) is 8.29. The molecular formula is C25H26F2N4O. The summed E-state index contributed by atoms with van der Waals surface area (Å²) in [5, 5.41) is 2.61. The first-order valence-electron chi connectivity index (χ1n) is 10.7. The largest absolute Gasteiger partial charge is 0.323 e. The molecule has 0 aliphatic carbocycles. The monoisotopic (exact) mass is 436 g/mol. The van der Waals surface area contributed by atoms with Crippen LogP contribution in [0.5, 0.6) is 0 Å². The molecule has 1 amide bonds. The minimum atomic E-state index is -0.468. The summed E-state index contributed by atoms with van der Waals surface area (Å²) in [6, 6.07) is 12.8. The van der Waals surface area contributed by atoms with Crippen LogP contribution in [0.15, 0.2) is 48.5 Å². The van der Waals surface area contributed by atoms with E-state index in [2.05, 4.69) is 10.2 Å². The van der Waals surface area contributed by atoms with Crippen molar-refractivity contribution in [1.29, 1.82) is 0 Å². The molecule has 0 unspecified atom stereocenters. The molecule has 7 heteroatoms. The van der Waals surface area contributed by atoms with Gasteiger partial charge >= 0.3 is 0 Å². The molecule has 1 N–H and O–H groups in total. The molecule has 1 fully saturated rings. The van der Waals surface area contributed by atoms with Crippen LogP contribution in [-0.2, 0) is 17.8 Å². The third kappa shape index (κ3) is 5.16. The molecule has 2 aromatic carbocycles. The number of nitrogens with zero attached hydrogens (tertiary/aromatic N) is 3. The molecule has 0 saturated carbocycles. The quantitative estimate of drug-likeness (QED) is 0.616. The molecule has 1 aliphatic heterocycles. The minimum absolute atomic E-state index is 0.0860. The molecular weight excluding hydrogens is 410 g/mol. The lowest BCUT2D eigenvalue weighted by molar-refractivity contribution is -0.115. The maximum absolute atomic E-state index is 13.8. The number of anilines is 1. The third-order valence-electron chi connectivity index (χ3n) is 5.86. The zero-order valence-corrected chi connectivity index (χ0v) is 18.2. The van der Waals surface area contributed by atoms with E-state index in [0.717, 1.165) is 47.8 Å². The molecule has 1 aromatic heterocycles. The molecule has 166 valence electrons. The number of aryl methyl sites for hydroxylation is 2. The maximum Gasteiger partial charge on any atom is 0.229 e. The van der Waals surface area contributed by atoms with E-state index in [4.69, 9.17) is 9.97 Å². The Balaban J connectivity index is 1.41. The molecule has 5 nitrogen and oxygen atoms in total. The number of para-hydroxylation sites is 1. The highest BCUT2D eigenvalue weighted by atomic mass is 19.1. The van der Waals surface area contributed by atoms with Crippen molar-refractivity contribution in [2.24, 2.45) is 0 Å². The Morgan fingerprint density at radius 3 is 2.56 bits per heavy atom. The van der Waals surface area contributed by atoms with E-state index in [1.54, 1.807) is 24.3 Å². The Hall–Kier alpha value is -3.19. The van der Waals surface area contributed by atoms with Gasteiger partial charge in [-0.1, -0.05) is 24.3 Å². The van der Waals surface area contributed by atoms with Gasteiger partial charge in [0.25, 0.3) is 0 Å². The van der Waals surface area contributed by atoms with Gasteiger partial charge in [0.1, 0.15) is 17.5 Å². The van der Waals surface area contributed by atoms with E-state index >= 15 is 0 Å². The van der Waals surface area contributed by atoms with Gasteiger partial charge in [-0.25, -0.2) is 18.7 Å². The predicted octanol–water partition coefficient (Wildman–Crippen LogP) is 4.54. The lowest BCUT2D eigenvalue weighted by atomic mass is 10.0. The number of hydrogen-bond acceptors (Lipinski definition) is 4. The summed E-state index contributed by atoms with van der Waals surface area (Å²) < 4.78 is 27.3. The minimum Gasteiger partial charge on any atom is -0.323 e. The molecule has 4 rings (SSSR count). The Morgan fingerprint density at radius 2 is 1.84 bits per heavy atom. The molecule has 1 saturated heterocycles. The second kappa shape index (κ2) is 9.53. The summed E-state index contributed by atoms with van der Waals surface area (Å²) in [6.45, 7) is 6.16. The number of amides is 1. The molecule has 3 aromatic rings. The molecule has 1 aliphatic rings. The SMILES string of the molecule is Cc1nc([C@H]2CCN(Cc3cccc(F)c3)C2)nc(C)c1CC(=O)Nc1ccccc1F. The summed E-state index contributed by atoms with van der Waals surface area (Å²) in [6.07, 6.45) is 1.02. The molecule has 2 heterocycles. The van der Waals surface area contributed by atoms with Gasteiger partial charge in [-0.3, -0.25) is 9.69 Å². The summed E-state index contributed by atoms with van der Waals surface area (Å²) in [5.74, 6) is -0.0191. The van der Waals surface area contributed by atoms with Crippen molar-refractivity contribution in [2.75, 3.05) is 18.4 Å². The van der Waals surface area contributed by atoms with Gasteiger partial charge in [0.15, 0.2) is 0 Å². The Morgan fingerprint density at radius 1 is 1.09 bits per heavy atom. The highest BCUT2D eigenvalue weighted by Gasteiger charge is 2.27. The standard InChI is InChI=1S/C25H26F2N4O/c1-16-21(13-24(32)30-23-9-4-3-8-22(23)27)17(2)29-25(28-16)19-10-11-31(15-19)14-18-6-5-7-20(26)12-18/h3-9,12,19H,10-11,13-15H2,1-2H3,(H,30,32)/t19-/m0/s1. The van der Waals surface area contributed by atoms with Gasteiger partial charge in [-0.2, -0.15) is 0 Å². The number of carbonyl (C=O) groups excluding carboxylic acids is 1. The average Bonchev–Trinajstić information content (AvgIpc) is 3.21. The zero-order valence-electron chi connectivity index (χ0n) is 18.2. The highest BCUT2D eigenvalue weighted by Crippen LogP contribution is 2.27. The Bertz CT molecular complexity index is 1110. The molecule has 0 spiro atoms. The van der Waals surface area contributed by atoms with Crippen molar-refractivity contribution >= 4 is 11.6 Å². The number of hydrogen-bond donors (Lipinski definition) is 1. The summed E-state index contributed by atoms with van der Waals surface area (Å²) in [7, 11) is 0. The van der Waals surface area contributed by atoms with Crippen LogP contribution < -0.4 is 5.32 Å². The van der Waals surface area contributed by atoms with E-state index in [0.29, 0.717) is 6.54 Å². The highest BCUT2D eigenvalue weighted by molar-refractivity contribution is 5.92. The molecule has 0 radical (unpaired) electrons. The smallest absolute Gasteiger partial charge is 0.229 e. The number of likely N-dealkylation sites (tertiary alicyclic amines) is 1. The van der Waals surface area contributed by atoms with Crippen molar-refractivity contribution in [3.63, 3.8) is 0 Å². The number of benzene rings is 2. The summed E-state index contributed by atoms with van der Waals surface area (Å²) in [4.78, 5) is 24.1. The summed E-state index contributed by atoms with van der Waals surface area (Å²) >= 11 is 0. The maximum atomic E-state index is 13.8. The van der Waals surface area contributed by atoms with E-state index < -0.39 is 5.82 Å². The first-order valence-corrected chi connectivity index (χ1v) is 10.7. The normalized spacial score (nSPS) is 16.3. The fourth-order valence-electron chi connectivity index (χ4n) is 4.20. The van der Waals surface area contributed by atoms with Crippen LogP contribution >= 0.6 is 0 Å². The van der Waals surface area contributed by atoms with Crippen molar-refractivity contribution in [3.8, 4) is 0 Å². The van der Waals surface area contributed by atoms with E-state index in [9.17, 15) is 13.6 Å². The number of carbonyl (C=O) groups is 1.